The third-order valence-corrected chi connectivity index (χ3v) is 4.11. The van der Waals surface area contributed by atoms with E-state index in [1.54, 1.807) is 0 Å². The molecule has 0 saturated carbocycles. The normalized spacial score (nSPS) is 10.6. The third-order valence-electron chi connectivity index (χ3n) is 3.18. The monoisotopic (exact) mass is 358 g/mol. The summed E-state index contributed by atoms with van der Waals surface area (Å²) in [5, 5.41) is 18.5. The van der Waals surface area contributed by atoms with Gasteiger partial charge in [0.05, 0.1) is 16.5 Å². The second kappa shape index (κ2) is 7.57. The van der Waals surface area contributed by atoms with Crippen LogP contribution in [0.2, 0.25) is 0 Å². The highest BCUT2D eigenvalue weighted by molar-refractivity contribution is 7.89. The topological polar surface area (TPSA) is 142 Å². The number of carbonyl (C=O) groups excluding carboxylic acids is 2. The number of anilines is 1. The highest BCUT2D eigenvalue weighted by Crippen LogP contribution is 2.09. The summed E-state index contributed by atoms with van der Waals surface area (Å²) in [6.07, 6.45) is 0. The zero-order chi connectivity index (χ0) is 18.4. The molecule has 0 fully saturated rings. The number of nitrogens with two attached hydrogens (primary N) is 1. The number of amides is 2. The standard InChI is InChI=1S/C16H14N4O4S/c17-9-11-1-5-13(6-2-11)20-16(22)15(21)19-10-12-3-7-14(8-4-12)25(18,23)24/h1-8H,10H2,(H,19,21)(H,20,22)(H2,18,23,24). The van der Waals surface area contributed by atoms with Crippen LogP contribution in [0.3, 0.4) is 0 Å². The fourth-order valence-electron chi connectivity index (χ4n) is 1.88. The lowest BCUT2D eigenvalue weighted by Crippen LogP contribution is -2.34. The summed E-state index contributed by atoms with van der Waals surface area (Å²) in [4.78, 5) is 23.5. The molecule has 0 spiro atoms. The smallest absolute Gasteiger partial charge is 0.313 e. The molecule has 2 aromatic rings. The Hall–Kier alpha value is -3.22. The van der Waals surface area contributed by atoms with E-state index in [-0.39, 0.29) is 11.4 Å². The van der Waals surface area contributed by atoms with Gasteiger partial charge in [0.1, 0.15) is 0 Å². The van der Waals surface area contributed by atoms with Crippen LogP contribution in [0, 0.1) is 11.3 Å². The van der Waals surface area contributed by atoms with Gasteiger partial charge >= 0.3 is 11.8 Å². The van der Waals surface area contributed by atoms with E-state index in [0.29, 0.717) is 16.8 Å². The van der Waals surface area contributed by atoms with E-state index >= 15 is 0 Å². The highest BCUT2D eigenvalue weighted by Gasteiger charge is 2.13. The zero-order valence-corrected chi connectivity index (χ0v) is 13.7. The Kier molecular flexibility index (Phi) is 5.49. The molecule has 0 aliphatic carbocycles. The molecular weight excluding hydrogens is 344 g/mol. The molecule has 0 aliphatic rings. The number of hydrogen-bond acceptors (Lipinski definition) is 5. The number of nitriles is 1. The maximum Gasteiger partial charge on any atom is 0.313 e. The van der Waals surface area contributed by atoms with Crippen LogP contribution in [0.1, 0.15) is 11.1 Å². The quantitative estimate of drug-likeness (QED) is 0.681. The van der Waals surface area contributed by atoms with Crippen molar-refractivity contribution in [1.82, 2.24) is 5.32 Å². The van der Waals surface area contributed by atoms with E-state index in [1.165, 1.54) is 48.5 Å². The maximum atomic E-state index is 11.8. The van der Waals surface area contributed by atoms with Crippen LogP contribution < -0.4 is 15.8 Å². The van der Waals surface area contributed by atoms with Gasteiger partial charge in [0, 0.05) is 12.2 Å². The fraction of sp³-hybridized carbons (Fsp3) is 0.0625. The van der Waals surface area contributed by atoms with Crippen LogP contribution in [0.25, 0.3) is 0 Å². The molecule has 0 unspecified atom stereocenters. The minimum absolute atomic E-state index is 0.0406. The molecule has 25 heavy (non-hydrogen) atoms. The minimum atomic E-state index is -3.78. The average Bonchev–Trinajstić information content (AvgIpc) is 2.60. The van der Waals surface area contributed by atoms with Crippen molar-refractivity contribution in [2.45, 2.75) is 11.4 Å². The van der Waals surface area contributed by atoms with Gasteiger partial charge in [-0.2, -0.15) is 5.26 Å². The fourth-order valence-corrected chi connectivity index (χ4v) is 2.39. The number of primary sulfonamides is 1. The molecule has 0 saturated heterocycles. The van der Waals surface area contributed by atoms with Crippen molar-refractivity contribution < 1.29 is 18.0 Å². The Labute approximate surface area is 144 Å². The Morgan fingerprint density at radius 3 is 2.12 bits per heavy atom. The second-order valence-corrected chi connectivity index (χ2v) is 6.58. The van der Waals surface area contributed by atoms with Crippen LogP contribution in [0.15, 0.2) is 53.4 Å². The van der Waals surface area contributed by atoms with Gasteiger partial charge in [-0.15, -0.1) is 0 Å². The molecule has 2 rings (SSSR count). The van der Waals surface area contributed by atoms with E-state index in [2.05, 4.69) is 10.6 Å². The Balaban J connectivity index is 1.90. The van der Waals surface area contributed by atoms with E-state index < -0.39 is 21.8 Å². The molecule has 0 atom stereocenters. The van der Waals surface area contributed by atoms with Crippen molar-refractivity contribution >= 4 is 27.5 Å². The average molecular weight is 358 g/mol. The van der Waals surface area contributed by atoms with Crippen molar-refractivity contribution in [1.29, 1.82) is 5.26 Å². The van der Waals surface area contributed by atoms with Gasteiger partial charge in [0.25, 0.3) is 0 Å². The predicted octanol–water partition coefficient (Wildman–Crippen LogP) is 0.461. The summed E-state index contributed by atoms with van der Waals surface area (Å²) in [5.41, 5.74) is 1.42. The number of hydrogen-bond donors (Lipinski definition) is 3. The lowest BCUT2D eigenvalue weighted by atomic mass is 10.2. The molecule has 0 aliphatic heterocycles. The van der Waals surface area contributed by atoms with Crippen LogP contribution >= 0.6 is 0 Å². The van der Waals surface area contributed by atoms with Gasteiger partial charge < -0.3 is 10.6 Å². The first-order valence-corrected chi connectivity index (χ1v) is 8.55. The van der Waals surface area contributed by atoms with Gasteiger partial charge in [-0.25, -0.2) is 13.6 Å². The zero-order valence-electron chi connectivity index (χ0n) is 12.9. The molecule has 8 nitrogen and oxygen atoms in total. The molecule has 0 aromatic heterocycles. The van der Waals surface area contributed by atoms with Crippen molar-refractivity contribution in [3.05, 3.63) is 59.7 Å². The van der Waals surface area contributed by atoms with E-state index in [4.69, 9.17) is 10.4 Å². The van der Waals surface area contributed by atoms with E-state index in [0.717, 1.165) is 0 Å². The van der Waals surface area contributed by atoms with Crippen LogP contribution in [0.4, 0.5) is 5.69 Å². The van der Waals surface area contributed by atoms with Crippen molar-refractivity contribution in [3.63, 3.8) is 0 Å². The lowest BCUT2D eigenvalue weighted by Gasteiger charge is -2.07. The molecule has 2 amide bonds. The lowest BCUT2D eigenvalue weighted by molar-refractivity contribution is -0.136. The highest BCUT2D eigenvalue weighted by atomic mass is 32.2. The largest absolute Gasteiger partial charge is 0.344 e. The van der Waals surface area contributed by atoms with Crippen molar-refractivity contribution in [2.24, 2.45) is 5.14 Å². The maximum absolute atomic E-state index is 11.8. The second-order valence-electron chi connectivity index (χ2n) is 5.01. The number of carbonyl (C=O) groups is 2. The molecule has 4 N–H and O–H groups in total. The number of nitrogens with zero attached hydrogens (tertiary/aromatic N) is 1. The van der Waals surface area contributed by atoms with Crippen molar-refractivity contribution in [2.75, 3.05) is 5.32 Å². The first kappa shape index (κ1) is 18.1. The van der Waals surface area contributed by atoms with Gasteiger partial charge in [-0.1, -0.05) is 12.1 Å². The van der Waals surface area contributed by atoms with Gasteiger partial charge in [0.2, 0.25) is 10.0 Å². The SMILES string of the molecule is N#Cc1ccc(NC(=O)C(=O)NCc2ccc(S(N)(=O)=O)cc2)cc1. The van der Waals surface area contributed by atoms with Gasteiger partial charge in [-0.05, 0) is 42.0 Å². The predicted molar refractivity (Wildman–Crippen MR) is 89.4 cm³/mol. The Morgan fingerprint density at radius 1 is 1.00 bits per heavy atom. The molecular formula is C16H14N4O4S. The van der Waals surface area contributed by atoms with Crippen LogP contribution in [-0.2, 0) is 26.2 Å². The summed E-state index contributed by atoms with van der Waals surface area (Å²) in [5.74, 6) is -1.70. The summed E-state index contributed by atoms with van der Waals surface area (Å²) < 4.78 is 22.3. The van der Waals surface area contributed by atoms with Gasteiger partial charge in [0.15, 0.2) is 0 Å². The molecule has 128 valence electrons. The number of sulfonamides is 1. The number of nitrogens with one attached hydrogen (secondary N) is 2. The summed E-state index contributed by atoms with van der Waals surface area (Å²) >= 11 is 0. The van der Waals surface area contributed by atoms with Crippen LogP contribution in [-0.4, -0.2) is 20.2 Å². The third kappa shape index (κ3) is 5.13. The Bertz CT molecular complexity index is 930. The van der Waals surface area contributed by atoms with E-state index in [9.17, 15) is 18.0 Å². The molecule has 0 radical (unpaired) electrons. The van der Waals surface area contributed by atoms with Crippen molar-refractivity contribution in [3.8, 4) is 6.07 Å². The summed E-state index contributed by atoms with van der Waals surface area (Å²) in [7, 11) is -3.78. The first-order chi connectivity index (χ1) is 11.8. The molecule has 2 aromatic carbocycles. The number of benzene rings is 2. The minimum Gasteiger partial charge on any atom is -0.344 e. The van der Waals surface area contributed by atoms with Crippen LogP contribution in [0.5, 0.6) is 0 Å². The number of rotatable bonds is 4. The Morgan fingerprint density at radius 2 is 1.60 bits per heavy atom. The van der Waals surface area contributed by atoms with Gasteiger partial charge in [-0.3, -0.25) is 9.59 Å². The summed E-state index contributed by atoms with van der Waals surface area (Å²) in [6, 6.07) is 13.6. The summed E-state index contributed by atoms with van der Waals surface area (Å²) in [6.45, 7) is 0.0462. The molecule has 0 bridgehead atoms. The first-order valence-electron chi connectivity index (χ1n) is 7.00. The molecule has 9 heteroatoms. The van der Waals surface area contributed by atoms with E-state index in [1.807, 2.05) is 6.07 Å². The molecule has 0 heterocycles.